The Balaban J connectivity index is 1.78. The quantitative estimate of drug-likeness (QED) is 0.634. The predicted octanol–water partition coefficient (Wildman–Crippen LogP) is 1.53. The summed E-state index contributed by atoms with van der Waals surface area (Å²) in [6.07, 6.45) is 1.15. The molecule has 0 radical (unpaired) electrons. The van der Waals surface area contributed by atoms with Crippen molar-refractivity contribution in [3.8, 4) is 0 Å². The van der Waals surface area contributed by atoms with Crippen LogP contribution in [0.25, 0.3) is 11.1 Å². The molecule has 0 aliphatic rings. The lowest BCUT2D eigenvalue weighted by atomic mass is 10.2. The summed E-state index contributed by atoms with van der Waals surface area (Å²) in [4.78, 5) is 40.6. The van der Waals surface area contributed by atoms with Crippen LogP contribution in [0.2, 0.25) is 5.02 Å². The number of halogens is 1. The van der Waals surface area contributed by atoms with Crippen LogP contribution in [0.15, 0.2) is 39.9 Å². The molecule has 3 aromatic rings. The average molecular weight is 391 g/mol. The first-order chi connectivity index (χ1) is 13.0. The van der Waals surface area contributed by atoms with Crippen LogP contribution in [0.4, 0.5) is 0 Å². The standard InChI is InChI=1S/C17H15ClN4O5/c1-2-26-17(25)14-13-15(27-21-14)20-9-22(16(13)24)8-12(23)19-7-10-5-3-4-6-11(10)18/h3-6,9H,2,7-8H2,1H3,(H,19,23). The minimum atomic E-state index is -0.795. The van der Waals surface area contributed by atoms with Crippen LogP contribution >= 0.6 is 11.6 Å². The summed E-state index contributed by atoms with van der Waals surface area (Å²) in [7, 11) is 0. The van der Waals surface area contributed by atoms with Gasteiger partial charge in [0.25, 0.3) is 11.3 Å². The molecule has 3 rings (SSSR count). The maximum atomic E-state index is 12.6. The lowest BCUT2D eigenvalue weighted by molar-refractivity contribution is -0.121. The van der Waals surface area contributed by atoms with Crippen LogP contribution in [0, 0.1) is 0 Å². The molecule has 2 heterocycles. The molecule has 2 aromatic heterocycles. The number of benzene rings is 1. The van der Waals surface area contributed by atoms with E-state index in [1.807, 2.05) is 0 Å². The highest BCUT2D eigenvalue weighted by molar-refractivity contribution is 6.31. The number of hydrogen-bond acceptors (Lipinski definition) is 7. The van der Waals surface area contributed by atoms with E-state index in [4.69, 9.17) is 20.9 Å². The van der Waals surface area contributed by atoms with E-state index in [0.29, 0.717) is 5.02 Å². The van der Waals surface area contributed by atoms with Crippen molar-refractivity contribution in [2.45, 2.75) is 20.0 Å². The van der Waals surface area contributed by atoms with E-state index in [1.165, 1.54) is 0 Å². The lowest BCUT2D eigenvalue weighted by Crippen LogP contribution is -2.32. The first-order valence-corrected chi connectivity index (χ1v) is 8.41. The van der Waals surface area contributed by atoms with E-state index in [9.17, 15) is 14.4 Å². The van der Waals surface area contributed by atoms with Crippen molar-refractivity contribution in [1.82, 2.24) is 20.0 Å². The van der Waals surface area contributed by atoms with Crippen LogP contribution in [0.3, 0.4) is 0 Å². The van der Waals surface area contributed by atoms with Gasteiger partial charge in [-0.25, -0.2) is 9.78 Å². The van der Waals surface area contributed by atoms with Gasteiger partial charge in [0, 0.05) is 11.6 Å². The molecule has 9 nitrogen and oxygen atoms in total. The summed E-state index contributed by atoms with van der Waals surface area (Å²) < 4.78 is 10.8. The topological polar surface area (TPSA) is 116 Å². The monoisotopic (exact) mass is 390 g/mol. The molecule has 0 bridgehead atoms. The van der Waals surface area contributed by atoms with Crippen molar-refractivity contribution >= 4 is 34.6 Å². The summed E-state index contributed by atoms with van der Waals surface area (Å²) >= 11 is 6.04. The van der Waals surface area contributed by atoms with Gasteiger partial charge in [-0.05, 0) is 18.6 Å². The van der Waals surface area contributed by atoms with E-state index in [1.54, 1.807) is 31.2 Å². The Bertz CT molecular complexity index is 1060. The van der Waals surface area contributed by atoms with E-state index in [-0.39, 0.29) is 36.5 Å². The summed E-state index contributed by atoms with van der Waals surface area (Å²) in [6.45, 7) is 1.66. The zero-order chi connectivity index (χ0) is 19.4. The lowest BCUT2D eigenvalue weighted by Gasteiger charge is -2.08. The molecule has 140 valence electrons. The second-order valence-electron chi connectivity index (χ2n) is 5.48. The highest BCUT2D eigenvalue weighted by Crippen LogP contribution is 2.14. The van der Waals surface area contributed by atoms with Crippen molar-refractivity contribution in [3.05, 3.63) is 57.2 Å². The van der Waals surface area contributed by atoms with Crippen LogP contribution in [-0.4, -0.2) is 33.2 Å². The van der Waals surface area contributed by atoms with Gasteiger partial charge in [-0.1, -0.05) is 35.0 Å². The number of nitrogens with one attached hydrogen (secondary N) is 1. The van der Waals surface area contributed by atoms with Crippen molar-refractivity contribution in [1.29, 1.82) is 0 Å². The highest BCUT2D eigenvalue weighted by atomic mass is 35.5. The minimum Gasteiger partial charge on any atom is -0.461 e. The van der Waals surface area contributed by atoms with Crippen LogP contribution in [0.5, 0.6) is 0 Å². The van der Waals surface area contributed by atoms with E-state index in [2.05, 4.69) is 15.5 Å². The van der Waals surface area contributed by atoms with E-state index < -0.39 is 17.4 Å². The van der Waals surface area contributed by atoms with E-state index in [0.717, 1.165) is 16.5 Å². The number of ether oxygens (including phenoxy) is 1. The third-order valence-corrected chi connectivity index (χ3v) is 4.05. The third kappa shape index (κ3) is 3.98. The fourth-order valence-electron chi connectivity index (χ4n) is 2.38. The number of hydrogen-bond donors (Lipinski definition) is 1. The smallest absolute Gasteiger partial charge is 0.361 e. The first kappa shape index (κ1) is 18.6. The molecule has 0 saturated heterocycles. The van der Waals surface area contributed by atoms with Gasteiger partial charge in [0.2, 0.25) is 11.6 Å². The predicted molar refractivity (Wildman–Crippen MR) is 95.3 cm³/mol. The molecule has 0 saturated carbocycles. The zero-order valence-electron chi connectivity index (χ0n) is 14.3. The number of amides is 1. The third-order valence-electron chi connectivity index (χ3n) is 3.68. The van der Waals surface area contributed by atoms with Crippen LogP contribution < -0.4 is 10.9 Å². The van der Waals surface area contributed by atoms with Gasteiger partial charge in [-0.2, -0.15) is 0 Å². The maximum absolute atomic E-state index is 12.6. The molecule has 0 aliphatic heterocycles. The van der Waals surface area contributed by atoms with Gasteiger partial charge in [-0.15, -0.1) is 0 Å². The molecule has 1 aromatic carbocycles. The number of nitrogens with zero attached hydrogens (tertiary/aromatic N) is 3. The molecule has 27 heavy (non-hydrogen) atoms. The molecule has 10 heteroatoms. The number of rotatable bonds is 6. The fourth-order valence-corrected chi connectivity index (χ4v) is 2.58. The van der Waals surface area contributed by atoms with Gasteiger partial charge in [-0.3, -0.25) is 14.2 Å². The average Bonchev–Trinajstić information content (AvgIpc) is 3.08. The largest absolute Gasteiger partial charge is 0.461 e. The highest BCUT2D eigenvalue weighted by Gasteiger charge is 2.22. The Kier molecular flexibility index (Phi) is 5.51. The van der Waals surface area contributed by atoms with Crippen molar-refractivity contribution < 1.29 is 18.8 Å². The summed E-state index contributed by atoms with van der Waals surface area (Å²) in [6, 6.07) is 7.09. The Morgan fingerprint density at radius 3 is 2.85 bits per heavy atom. The summed E-state index contributed by atoms with van der Waals surface area (Å²) in [5.74, 6) is -1.22. The number of carbonyl (C=O) groups is 2. The van der Waals surface area contributed by atoms with Gasteiger partial charge < -0.3 is 14.6 Å². The Labute approximate surface area is 157 Å². The Morgan fingerprint density at radius 2 is 2.11 bits per heavy atom. The first-order valence-electron chi connectivity index (χ1n) is 8.03. The normalized spacial score (nSPS) is 10.7. The van der Waals surface area contributed by atoms with Gasteiger partial charge >= 0.3 is 5.97 Å². The summed E-state index contributed by atoms with van der Waals surface area (Å²) in [5.41, 5.74) is -0.250. The number of aromatic nitrogens is 3. The SMILES string of the molecule is CCOC(=O)c1noc2ncn(CC(=O)NCc3ccccc3Cl)c(=O)c12. The van der Waals surface area contributed by atoms with Crippen molar-refractivity contribution in [3.63, 3.8) is 0 Å². The Hall–Kier alpha value is -3.20. The molecule has 0 fully saturated rings. The van der Waals surface area contributed by atoms with Gasteiger partial charge in [0.05, 0.1) is 6.61 Å². The minimum absolute atomic E-state index is 0.101. The summed E-state index contributed by atoms with van der Waals surface area (Å²) in [5, 5.41) is 6.61. The number of esters is 1. The molecule has 1 N–H and O–H groups in total. The maximum Gasteiger partial charge on any atom is 0.361 e. The molecular weight excluding hydrogens is 376 g/mol. The van der Waals surface area contributed by atoms with Crippen LogP contribution in [0.1, 0.15) is 23.0 Å². The molecule has 0 aliphatic carbocycles. The fraction of sp³-hybridized carbons (Fsp3) is 0.235. The molecule has 1 amide bonds. The second kappa shape index (κ2) is 8.00. The van der Waals surface area contributed by atoms with Gasteiger partial charge in [0.1, 0.15) is 18.3 Å². The van der Waals surface area contributed by atoms with Crippen LogP contribution in [-0.2, 0) is 22.6 Å². The number of fused-ring (bicyclic) bond motifs is 1. The molecular formula is C17H15ClN4O5. The zero-order valence-corrected chi connectivity index (χ0v) is 15.0. The second-order valence-corrected chi connectivity index (χ2v) is 5.88. The van der Waals surface area contributed by atoms with Crippen molar-refractivity contribution in [2.75, 3.05) is 6.61 Å². The molecule has 0 atom stereocenters. The molecule has 0 spiro atoms. The van der Waals surface area contributed by atoms with E-state index >= 15 is 0 Å². The molecule has 0 unspecified atom stereocenters. The van der Waals surface area contributed by atoms with Gasteiger partial charge in [0.15, 0.2) is 0 Å². The Morgan fingerprint density at radius 1 is 1.33 bits per heavy atom. The van der Waals surface area contributed by atoms with Crippen molar-refractivity contribution in [2.24, 2.45) is 0 Å². The number of carbonyl (C=O) groups excluding carboxylic acids is 2.